The molecule has 1 amide bonds. The Morgan fingerprint density at radius 2 is 2.00 bits per heavy atom. The molecule has 0 unspecified atom stereocenters. The zero-order valence-corrected chi connectivity index (χ0v) is 17.6. The monoisotopic (exact) mass is 407 g/mol. The molecule has 0 bridgehead atoms. The molecular formula is C23H25N3O4. The second kappa shape index (κ2) is 9.73. The maximum Gasteiger partial charge on any atom is 0.247 e. The molecule has 0 saturated carbocycles. The summed E-state index contributed by atoms with van der Waals surface area (Å²) in [4.78, 5) is 18.7. The molecule has 0 aliphatic carbocycles. The maximum atomic E-state index is 12.7. The Morgan fingerprint density at radius 3 is 2.70 bits per heavy atom. The number of hydrogen-bond acceptors (Lipinski definition) is 6. The van der Waals surface area contributed by atoms with Crippen LogP contribution in [0.2, 0.25) is 0 Å². The molecule has 1 aromatic heterocycles. The summed E-state index contributed by atoms with van der Waals surface area (Å²) < 4.78 is 15.9. The van der Waals surface area contributed by atoms with Gasteiger partial charge in [-0.15, -0.1) is 0 Å². The number of nitrogens with zero attached hydrogens (tertiary/aromatic N) is 3. The van der Waals surface area contributed by atoms with E-state index in [1.54, 1.807) is 31.3 Å². The van der Waals surface area contributed by atoms with Gasteiger partial charge in [0.15, 0.2) is 0 Å². The van der Waals surface area contributed by atoms with Crippen molar-refractivity contribution in [2.75, 3.05) is 20.8 Å². The number of hydrogen-bond donors (Lipinski definition) is 0. The van der Waals surface area contributed by atoms with Gasteiger partial charge < -0.3 is 18.9 Å². The van der Waals surface area contributed by atoms with E-state index in [4.69, 9.17) is 14.0 Å². The van der Waals surface area contributed by atoms with Crippen LogP contribution in [-0.4, -0.2) is 41.7 Å². The van der Waals surface area contributed by atoms with Gasteiger partial charge in [-0.1, -0.05) is 28.9 Å². The van der Waals surface area contributed by atoms with E-state index in [2.05, 4.69) is 10.1 Å². The SMILES string of the molecule is CCN(Cc1nc(-c2cccc(C)c2)no1)C(=O)/C=C/c1ccc(OC)cc1OC. The molecule has 0 radical (unpaired) electrons. The molecule has 0 atom stereocenters. The number of methoxy groups -OCH3 is 2. The first kappa shape index (κ1) is 21.1. The van der Waals surface area contributed by atoms with Gasteiger partial charge in [0.05, 0.1) is 14.2 Å². The van der Waals surface area contributed by atoms with Crippen molar-refractivity contribution >= 4 is 12.0 Å². The Labute approximate surface area is 175 Å². The van der Waals surface area contributed by atoms with Crippen LogP contribution in [0, 0.1) is 6.92 Å². The highest BCUT2D eigenvalue weighted by atomic mass is 16.5. The molecule has 7 heteroatoms. The van der Waals surface area contributed by atoms with Crippen LogP contribution < -0.4 is 9.47 Å². The van der Waals surface area contributed by atoms with Crippen LogP contribution >= 0.6 is 0 Å². The summed E-state index contributed by atoms with van der Waals surface area (Å²) in [5.41, 5.74) is 2.77. The first-order valence-electron chi connectivity index (χ1n) is 9.62. The lowest BCUT2D eigenvalue weighted by Crippen LogP contribution is -2.28. The molecular weight excluding hydrogens is 382 g/mol. The van der Waals surface area contributed by atoms with Gasteiger partial charge in [-0.2, -0.15) is 4.98 Å². The molecule has 30 heavy (non-hydrogen) atoms. The fourth-order valence-corrected chi connectivity index (χ4v) is 2.95. The lowest BCUT2D eigenvalue weighted by Gasteiger charge is -2.16. The first-order valence-corrected chi connectivity index (χ1v) is 9.62. The van der Waals surface area contributed by atoms with Gasteiger partial charge in [-0.3, -0.25) is 4.79 Å². The number of carbonyl (C=O) groups excluding carboxylic acids is 1. The summed E-state index contributed by atoms with van der Waals surface area (Å²) in [5.74, 6) is 2.05. The van der Waals surface area contributed by atoms with Crippen molar-refractivity contribution in [3.63, 3.8) is 0 Å². The van der Waals surface area contributed by atoms with Crippen LogP contribution in [0.4, 0.5) is 0 Å². The Bertz CT molecular complexity index is 1040. The van der Waals surface area contributed by atoms with Gasteiger partial charge >= 0.3 is 0 Å². The zero-order chi connectivity index (χ0) is 21.5. The molecule has 0 spiro atoms. The van der Waals surface area contributed by atoms with E-state index in [1.807, 2.05) is 50.2 Å². The number of benzene rings is 2. The highest BCUT2D eigenvalue weighted by Gasteiger charge is 2.15. The van der Waals surface area contributed by atoms with Gasteiger partial charge in [-0.25, -0.2) is 0 Å². The van der Waals surface area contributed by atoms with Gasteiger partial charge in [0, 0.05) is 29.8 Å². The smallest absolute Gasteiger partial charge is 0.247 e. The highest BCUT2D eigenvalue weighted by molar-refractivity contribution is 5.92. The van der Waals surface area contributed by atoms with E-state index >= 15 is 0 Å². The van der Waals surface area contributed by atoms with Gasteiger partial charge in [0.2, 0.25) is 17.6 Å². The topological polar surface area (TPSA) is 77.7 Å². The van der Waals surface area contributed by atoms with E-state index in [-0.39, 0.29) is 12.5 Å². The van der Waals surface area contributed by atoms with Crippen LogP contribution in [0.1, 0.15) is 23.9 Å². The average Bonchev–Trinajstić information content (AvgIpc) is 3.24. The molecule has 1 heterocycles. The molecule has 3 rings (SSSR count). The molecule has 156 valence electrons. The van der Waals surface area contributed by atoms with Crippen molar-refractivity contribution < 1.29 is 18.8 Å². The van der Waals surface area contributed by atoms with E-state index in [0.717, 1.165) is 16.7 Å². The number of likely N-dealkylation sites (N-methyl/N-ethyl adjacent to an activating group) is 1. The summed E-state index contributed by atoms with van der Waals surface area (Å²) in [7, 11) is 3.17. The summed E-state index contributed by atoms with van der Waals surface area (Å²) in [6.45, 7) is 4.65. The molecule has 7 nitrogen and oxygen atoms in total. The number of aromatic nitrogens is 2. The molecule has 0 aliphatic rings. The van der Waals surface area contributed by atoms with Crippen molar-refractivity contribution in [1.29, 1.82) is 0 Å². The minimum atomic E-state index is -0.161. The first-order chi connectivity index (χ1) is 14.5. The summed E-state index contributed by atoms with van der Waals surface area (Å²) >= 11 is 0. The standard InChI is InChI=1S/C23H25N3O4/c1-5-26(15-21-24-23(25-30-21)18-8-6-7-16(2)13-18)22(27)12-10-17-9-11-19(28-3)14-20(17)29-4/h6-14H,5,15H2,1-4H3/b12-10+. The van der Waals surface area contributed by atoms with E-state index in [1.165, 1.54) is 6.08 Å². The van der Waals surface area contributed by atoms with Gasteiger partial charge in [0.1, 0.15) is 18.0 Å². The quantitative estimate of drug-likeness (QED) is 0.523. The number of aryl methyl sites for hydroxylation is 1. The van der Waals surface area contributed by atoms with Crippen LogP contribution in [0.15, 0.2) is 53.1 Å². The van der Waals surface area contributed by atoms with Crippen LogP contribution in [0.5, 0.6) is 11.5 Å². The van der Waals surface area contributed by atoms with Crippen molar-refractivity contribution in [2.45, 2.75) is 20.4 Å². The van der Waals surface area contributed by atoms with Gasteiger partial charge in [0.25, 0.3) is 0 Å². The minimum Gasteiger partial charge on any atom is -0.497 e. The molecule has 2 aromatic carbocycles. The number of rotatable bonds is 8. The third kappa shape index (κ3) is 5.05. The molecule has 0 aliphatic heterocycles. The lowest BCUT2D eigenvalue weighted by atomic mass is 10.1. The normalized spacial score (nSPS) is 10.9. The fraction of sp³-hybridized carbons (Fsp3) is 0.261. The van der Waals surface area contributed by atoms with Crippen LogP contribution in [-0.2, 0) is 11.3 Å². The van der Waals surface area contributed by atoms with E-state index in [0.29, 0.717) is 29.8 Å². The van der Waals surface area contributed by atoms with Crippen molar-refractivity contribution in [1.82, 2.24) is 15.0 Å². The Kier molecular flexibility index (Phi) is 6.85. The predicted octanol–water partition coefficient (Wildman–Crippen LogP) is 4.12. The maximum absolute atomic E-state index is 12.7. The largest absolute Gasteiger partial charge is 0.497 e. The van der Waals surface area contributed by atoms with Crippen LogP contribution in [0.3, 0.4) is 0 Å². The summed E-state index contributed by atoms with van der Waals surface area (Å²) in [6, 6.07) is 13.3. The predicted molar refractivity (Wildman–Crippen MR) is 114 cm³/mol. The third-order valence-corrected chi connectivity index (χ3v) is 4.61. The van der Waals surface area contributed by atoms with E-state index < -0.39 is 0 Å². The van der Waals surface area contributed by atoms with Crippen LogP contribution in [0.25, 0.3) is 17.5 Å². The second-order valence-corrected chi connectivity index (χ2v) is 6.67. The highest BCUT2D eigenvalue weighted by Crippen LogP contribution is 2.25. The van der Waals surface area contributed by atoms with Crippen molar-refractivity contribution in [3.8, 4) is 22.9 Å². The number of carbonyl (C=O) groups is 1. The fourth-order valence-electron chi connectivity index (χ4n) is 2.95. The Morgan fingerprint density at radius 1 is 1.17 bits per heavy atom. The second-order valence-electron chi connectivity index (χ2n) is 6.67. The Hall–Kier alpha value is -3.61. The molecule has 0 saturated heterocycles. The third-order valence-electron chi connectivity index (χ3n) is 4.61. The molecule has 0 N–H and O–H groups in total. The van der Waals surface area contributed by atoms with E-state index in [9.17, 15) is 4.79 Å². The van der Waals surface area contributed by atoms with Crippen molar-refractivity contribution in [2.24, 2.45) is 0 Å². The number of ether oxygens (including phenoxy) is 2. The average molecular weight is 407 g/mol. The molecule has 0 fully saturated rings. The molecule has 3 aromatic rings. The summed E-state index contributed by atoms with van der Waals surface area (Å²) in [5, 5.41) is 4.04. The van der Waals surface area contributed by atoms with Crippen molar-refractivity contribution in [3.05, 3.63) is 65.6 Å². The number of amides is 1. The zero-order valence-electron chi connectivity index (χ0n) is 17.6. The minimum absolute atomic E-state index is 0.161. The summed E-state index contributed by atoms with van der Waals surface area (Å²) in [6.07, 6.45) is 3.22. The Balaban J connectivity index is 1.71. The lowest BCUT2D eigenvalue weighted by molar-refractivity contribution is -0.126. The van der Waals surface area contributed by atoms with Gasteiger partial charge in [-0.05, 0) is 38.1 Å².